The summed E-state index contributed by atoms with van der Waals surface area (Å²) in [5.41, 5.74) is 0.441. The number of ether oxygens (including phenoxy) is 1. The lowest BCUT2D eigenvalue weighted by Crippen LogP contribution is -2.69. The van der Waals surface area contributed by atoms with Gasteiger partial charge >= 0.3 is 0 Å². The topological polar surface area (TPSA) is 111 Å². The molecule has 3 aliphatic rings. The first kappa shape index (κ1) is 32.6. The number of rotatable bonds is 6. The minimum atomic E-state index is -1.92. The molecule has 2 aromatic rings. The SMILES string of the molecule is BC(B)(Nc1cccc2c1C(B)(O)N(C1C(=O)NC(=O)C(B)(B)C1(B)B)C2=O)c1cc(C(B)(B)N2CCOCC2)ccc1F. The highest BCUT2D eigenvalue weighted by Gasteiger charge is 2.62. The highest BCUT2D eigenvalue weighted by atomic mass is 19.1. The lowest BCUT2D eigenvalue weighted by atomic mass is 9.26. The van der Waals surface area contributed by atoms with Gasteiger partial charge in [0.25, 0.3) is 5.91 Å². The maximum Gasteiger partial charge on any atom is 0.256 e. The third kappa shape index (κ3) is 4.90. The van der Waals surface area contributed by atoms with Crippen LogP contribution in [0.15, 0.2) is 36.4 Å². The largest absolute Gasteiger partial charge is 0.391 e. The second-order valence-corrected chi connectivity index (χ2v) is 14.6. The molecule has 19 heteroatoms. The molecule has 0 radical (unpaired) electrons. The van der Waals surface area contributed by atoms with Crippen molar-refractivity contribution in [2.45, 2.75) is 32.8 Å². The van der Waals surface area contributed by atoms with Crippen LogP contribution in [0.3, 0.4) is 0 Å². The molecule has 44 heavy (non-hydrogen) atoms. The number of aliphatic hydroxyl groups is 1. The Morgan fingerprint density at radius 3 is 2.27 bits per heavy atom. The molecule has 2 atom stereocenters. The number of nitrogens with zero attached hydrogens (tertiary/aromatic N) is 2. The molecule has 2 saturated heterocycles. The van der Waals surface area contributed by atoms with Crippen LogP contribution in [0.25, 0.3) is 0 Å². The molecule has 3 N–H and O–H groups in total. The van der Waals surface area contributed by atoms with E-state index in [0.29, 0.717) is 30.0 Å². The third-order valence-electron chi connectivity index (χ3n) is 10.7. The van der Waals surface area contributed by atoms with Gasteiger partial charge in [-0.05, 0) is 39.9 Å². The fourth-order valence-electron chi connectivity index (χ4n) is 6.99. The van der Waals surface area contributed by atoms with E-state index in [1.165, 1.54) is 18.8 Å². The molecule has 0 bridgehead atoms. The summed E-state index contributed by atoms with van der Waals surface area (Å²) in [5, 5.41) is 14.6. The molecule has 0 aromatic heterocycles. The molecule has 2 fully saturated rings. The Hall–Kier alpha value is -2.76. The Labute approximate surface area is 266 Å². The molecular weight excluding hydrogens is 553 g/mol. The number of imide groups is 1. The fraction of sp³-hybridized carbons (Fsp3) is 0.400. The molecule has 220 valence electrons. The van der Waals surface area contributed by atoms with Crippen molar-refractivity contribution in [3.8, 4) is 0 Å². The lowest BCUT2D eigenvalue weighted by molar-refractivity contribution is -0.143. The monoisotopic (exact) mass is 590 g/mol. The molecule has 5 rings (SSSR count). The van der Waals surface area contributed by atoms with Crippen molar-refractivity contribution in [3.63, 3.8) is 0 Å². The molecule has 0 spiro atoms. The van der Waals surface area contributed by atoms with Crippen LogP contribution in [0.1, 0.15) is 27.0 Å². The Morgan fingerprint density at radius 1 is 1.00 bits per heavy atom. The standard InChI is InChI=1S/C25H36B9FN4O5/c26-21(27)17(18(40)36-20(42)22(21,28)29)39-19(41)12-2-1-3-15(16(12)25(39,34)43)37-23(30,31)13-10-11(4-5-14(13)35)24(32,33)38-6-8-44-9-7-38/h1-5,10,17,37,43H,6-9,26-34H2,(H,36,40,42). The summed E-state index contributed by atoms with van der Waals surface area (Å²) < 4.78 is 21.1. The van der Waals surface area contributed by atoms with Crippen LogP contribution >= 0.6 is 0 Å². The predicted octanol–water partition coefficient (Wildman–Crippen LogP) is -8.00. The number of carbonyl (C=O) groups excluding carboxylic acids is 3. The van der Waals surface area contributed by atoms with Gasteiger partial charge in [0.1, 0.15) is 80.3 Å². The van der Waals surface area contributed by atoms with Crippen molar-refractivity contribution in [3.05, 3.63) is 64.5 Å². The van der Waals surface area contributed by atoms with Crippen LogP contribution < -0.4 is 10.6 Å². The van der Waals surface area contributed by atoms with Crippen LogP contribution in [0.2, 0.25) is 10.4 Å². The first-order chi connectivity index (χ1) is 20.3. The third-order valence-corrected chi connectivity index (χ3v) is 10.7. The number of anilines is 1. The van der Waals surface area contributed by atoms with Crippen molar-refractivity contribution >= 4 is 94.0 Å². The van der Waals surface area contributed by atoms with E-state index in [1.807, 2.05) is 27.8 Å². The number of hydrogen-bond donors (Lipinski definition) is 3. The molecule has 3 aliphatic heterocycles. The smallest absolute Gasteiger partial charge is 0.256 e. The minimum Gasteiger partial charge on any atom is -0.391 e. The molecule has 0 aliphatic carbocycles. The van der Waals surface area contributed by atoms with Crippen molar-refractivity contribution in [1.82, 2.24) is 15.1 Å². The van der Waals surface area contributed by atoms with Crippen LogP contribution in [0, 0.1) is 5.82 Å². The van der Waals surface area contributed by atoms with Gasteiger partial charge in [-0.3, -0.25) is 19.7 Å². The van der Waals surface area contributed by atoms with E-state index >= 15 is 4.39 Å². The van der Waals surface area contributed by atoms with Crippen molar-refractivity contribution in [2.24, 2.45) is 0 Å². The van der Waals surface area contributed by atoms with E-state index in [0.717, 1.165) is 18.7 Å². The summed E-state index contributed by atoms with van der Waals surface area (Å²) >= 11 is 0. The molecular formula is C25H36B9FN4O5. The number of morpholine rings is 1. The van der Waals surface area contributed by atoms with Crippen molar-refractivity contribution < 1.29 is 28.6 Å². The number of benzene rings is 2. The number of carbonyl (C=O) groups is 3. The average Bonchev–Trinajstić information content (AvgIpc) is 3.14. The average molecular weight is 589 g/mol. The highest BCUT2D eigenvalue weighted by molar-refractivity contribution is 6.63. The Morgan fingerprint density at radius 2 is 1.64 bits per heavy atom. The number of nitrogens with one attached hydrogen (secondary N) is 2. The molecule has 2 aromatic carbocycles. The number of halogens is 1. The van der Waals surface area contributed by atoms with E-state index < -0.39 is 45.2 Å². The maximum absolute atomic E-state index is 15.6. The summed E-state index contributed by atoms with van der Waals surface area (Å²) in [6.07, 6.45) is 0. The van der Waals surface area contributed by atoms with Crippen LogP contribution in [-0.2, 0) is 30.6 Å². The number of hydrogen-bond acceptors (Lipinski definition) is 7. The van der Waals surface area contributed by atoms with Crippen LogP contribution in [-0.4, -0.2) is 136 Å². The van der Waals surface area contributed by atoms with E-state index in [-0.39, 0.29) is 16.7 Å². The van der Waals surface area contributed by atoms with Crippen molar-refractivity contribution in [1.29, 1.82) is 0 Å². The van der Waals surface area contributed by atoms with Gasteiger partial charge in [0.15, 0.2) is 7.85 Å². The summed E-state index contributed by atoms with van der Waals surface area (Å²) in [4.78, 5) is 43.6. The second kappa shape index (κ2) is 10.7. The Kier molecular flexibility index (Phi) is 7.91. The normalized spacial score (nSPS) is 25.4. The zero-order valence-corrected chi connectivity index (χ0v) is 27.2. The van der Waals surface area contributed by atoms with Crippen LogP contribution in [0.5, 0.6) is 0 Å². The van der Waals surface area contributed by atoms with Gasteiger partial charge in [0, 0.05) is 35.2 Å². The van der Waals surface area contributed by atoms with E-state index in [1.54, 1.807) is 49.6 Å². The predicted molar refractivity (Wildman–Crippen MR) is 191 cm³/mol. The highest BCUT2D eigenvalue weighted by Crippen LogP contribution is 2.53. The van der Waals surface area contributed by atoms with E-state index in [4.69, 9.17) is 4.74 Å². The quantitative estimate of drug-likeness (QED) is 0.227. The molecule has 3 heterocycles. The summed E-state index contributed by atoms with van der Waals surface area (Å²) in [6.45, 7) is 2.84. The Bertz CT molecular complexity index is 1550. The summed E-state index contributed by atoms with van der Waals surface area (Å²) in [5.74, 6) is -1.98. The Balaban J connectivity index is 1.53. The van der Waals surface area contributed by atoms with Gasteiger partial charge in [0.2, 0.25) is 11.8 Å². The van der Waals surface area contributed by atoms with Gasteiger partial charge in [0.05, 0.1) is 13.2 Å². The van der Waals surface area contributed by atoms with Gasteiger partial charge in [-0.1, -0.05) is 23.4 Å². The zero-order valence-electron chi connectivity index (χ0n) is 27.2. The van der Waals surface area contributed by atoms with E-state index in [2.05, 4.69) is 31.2 Å². The first-order valence-electron chi connectivity index (χ1n) is 15.2. The zero-order chi connectivity index (χ0) is 32.6. The van der Waals surface area contributed by atoms with E-state index in [9.17, 15) is 19.5 Å². The summed E-state index contributed by atoms with van der Waals surface area (Å²) in [6, 6.07) is 9.09. The number of amides is 3. The molecule has 9 nitrogen and oxygen atoms in total. The molecule has 3 amide bonds. The number of piperidine rings is 1. The second-order valence-electron chi connectivity index (χ2n) is 14.6. The maximum atomic E-state index is 15.6. The van der Waals surface area contributed by atoms with Crippen molar-refractivity contribution in [2.75, 3.05) is 31.6 Å². The fourth-order valence-corrected chi connectivity index (χ4v) is 6.99. The van der Waals surface area contributed by atoms with Gasteiger partial charge < -0.3 is 25.0 Å². The number of fused-ring (bicyclic) bond motifs is 1. The van der Waals surface area contributed by atoms with Crippen LogP contribution in [0.4, 0.5) is 10.1 Å². The van der Waals surface area contributed by atoms with Gasteiger partial charge in [-0.25, -0.2) is 4.39 Å². The molecule has 0 saturated carbocycles. The minimum absolute atomic E-state index is 0.233. The first-order valence-corrected chi connectivity index (χ1v) is 15.2. The lowest BCUT2D eigenvalue weighted by Gasteiger charge is -2.54. The van der Waals surface area contributed by atoms with Gasteiger partial charge in [-0.15, -0.1) is 0 Å². The van der Waals surface area contributed by atoms with Gasteiger partial charge in [-0.2, -0.15) is 0 Å². The summed E-state index contributed by atoms with van der Waals surface area (Å²) in [7, 11) is 16.4. The molecule has 2 unspecified atom stereocenters.